The van der Waals surface area contributed by atoms with Crippen LogP contribution in [-0.4, -0.2) is 19.6 Å². The minimum Gasteiger partial charge on any atom is -0.507 e. The van der Waals surface area contributed by atoms with Gasteiger partial charge in [0.1, 0.15) is 11.6 Å². The summed E-state index contributed by atoms with van der Waals surface area (Å²) in [5.74, 6) is 0.894. The number of benzene rings is 5. The Kier molecular flexibility index (Phi) is 7.52. The Labute approximate surface area is 277 Å². The summed E-state index contributed by atoms with van der Waals surface area (Å²) in [4.78, 5) is 10.1. The number of pyridine rings is 1. The Hall–Kier alpha value is -5.48. The van der Waals surface area contributed by atoms with Gasteiger partial charge >= 0.3 is 0 Å². The van der Waals surface area contributed by atoms with Gasteiger partial charge in [-0.2, -0.15) is 0 Å². The molecule has 0 atom stereocenters. The Morgan fingerprint density at radius 3 is 1.98 bits per heavy atom. The molecule has 0 unspecified atom stereocenters. The second-order valence-corrected chi connectivity index (χ2v) is 13.6. The molecular weight excluding hydrogens is 574 g/mol. The van der Waals surface area contributed by atoms with Crippen molar-refractivity contribution >= 4 is 11.0 Å². The van der Waals surface area contributed by atoms with E-state index in [1.54, 1.807) is 6.07 Å². The molecule has 1 N–H and O–H groups in total. The van der Waals surface area contributed by atoms with Gasteiger partial charge in [-0.1, -0.05) is 74.9 Å². The molecule has 0 saturated carbocycles. The van der Waals surface area contributed by atoms with Crippen LogP contribution < -0.4 is 0 Å². The highest BCUT2D eigenvalue weighted by Crippen LogP contribution is 2.42. The maximum absolute atomic E-state index is 11.1. The van der Waals surface area contributed by atoms with Crippen molar-refractivity contribution in [2.75, 3.05) is 0 Å². The van der Waals surface area contributed by atoms with Crippen molar-refractivity contribution in [3.8, 4) is 56.3 Å². The zero-order valence-corrected chi connectivity index (χ0v) is 27.8. The molecule has 2 aromatic heterocycles. The predicted octanol–water partition coefficient (Wildman–Crippen LogP) is 11.0. The standard InChI is InChI=1S/C43H39N3O/c1-27-20-28(2)40(29(3)21-27)32-23-30(22-31(24-32)37-17-12-13-19-44-37)36-25-33(43(4,5)6)26-38-41(36)45-42(35-16-10-11-18-39(35)47)46(38)34-14-8-7-9-15-34/h7-26,47H,1-6H3. The number of para-hydroxylation sites is 2. The number of aryl methyl sites for hydroxylation is 3. The molecule has 7 aromatic rings. The summed E-state index contributed by atoms with van der Waals surface area (Å²) >= 11 is 0. The second-order valence-electron chi connectivity index (χ2n) is 13.6. The van der Waals surface area contributed by atoms with Crippen molar-refractivity contribution < 1.29 is 5.11 Å². The van der Waals surface area contributed by atoms with Gasteiger partial charge in [-0.15, -0.1) is 0 Å². The molecule has 0 amide bonds. The third-order valence-corrected chi connectivity index (χ3v) is 8.96. The predicted molar refractivity (Wildman–Crippen MR) is 195 cm³/mol. The van der Waals surface area contributed by atoms with Gasteiger partial charge in [0.25, 0.3) is 0 Å². The summed E-state index contributed by atoms with van der Waals surface area (Å²) in [5, 5.41) is 11.1. The Morgan fingerprint density at radius 2 is 1.30 bits per heavy atom. The third-order valence-electron chi connectivity index (χ3n) is 8.96. The fourth-order valence-electron chi connectivity index (χ4n) is 6.76. The molecule has 0 aliphatic rings. The lowest BCUT2D eigenvalue weighted by atomic mass is 9.84. The van der Waals surface area contributed by atoms with E-state index in [1.807, 2.05) is 54.7 Å². The molecule has 5 aromatic carbocycles. The third kappa shape index (κ3) is 5.61. The highest BCUT2D eigenvalue weighted by atomic mass is 16.3. The number of aromatic hydroxyl groups is 1. The fraction of sp³-hybridized carbons (Fsp3) is 0.163. The Bertz CT molecular complexity index is 2230. The smallest absolute Gasteiger partial charge is 0.149 e. The van der Waals surface area contributed by atoms with Crippen LogP contribution in [-0.2, 0) is 5.41 Å². The fourth-order valence-corrected chi connectivity index (χ4v) is 6.76. The van der Waals surface area contributed by atoms with Crippen molar-refractivity contribution in [2.24, 2.45) is 0 Å². The summed E-state index contributed by atoms with van der Waals surface area (Å²) in [7, 11) is 0. The molecule has 0 fully saturated rings. The monoisotopic (exact) mass is 613 g/mol. The first kappa shape index (κ1) is 30.2. The zero-order chi connectivity index (χ0) is 32.9. The first-order chi connectivity index (χ1) is 22.6. The Morgan fingerprint density at radius 1 is 0.638 bits per heavy atom. The number of rotatable bonds is 5. The van der Waals surface area contributed by atoms with Gasteiger partial charge in [0.15, 0.2) is 0 Å². The van der Waals surface area contributed by atoms with Crippen LogP contribution in [0.4, 0.5) is 0 Å². The van der Waals surface area contributed by atoms with Gasteiger partial charge in [0, 0.05) is 23.0 Å². The van der Waals surface area contributed by atoms with Crippen LogP contribution in [0.3, 0.4) is 0 Å². The van der Waals surface area contributed by atoms with Gasteiger partial charge in [0.05, 0.1) is 22.3 Å². The first-order valence-electron chi connectivity index (χ1n) is 16.1. The number of imidazole rings is 1. The summed E-state index contributed by atoms with van der Waals surface area (Å²) in [6.07, 6.45) is 1.85. The molecule has 4 nitrogen and oxygen atoms in total. The molecule has 47 heavy (non-hydrogen) atoms. The molecule has 0 bridgehead atoms. The molecule has 4 heteroatoms. The number of hydrogen-bond acceptors (Lipinski definition) is 3. The van der Waals surface area contributed by atoms with E-state index in [9.17, 15) is 5.11 Å². The van der Waals surface area contributed by atoms with Gasteiger partial charge in [-0.05, 0) is 126 Å². The molecular formula is C43H39N3O. The van der Waals surface area contributed by atoms with Crippen LogP contribution in [0, 0.1) is 20.8 Å². The van der Waals surface area contributed by atoms with Crippen LogP contribution >= 0.6 is 0 Å². The molecule has 232 valence electrons. The molecule has 2 heterocycles. The van der Waals surface area contributed by atoms with E-state index in [4.69, 9.17) is 9.97 Å². The number of nitrogens with zero attached hydrogens (tertiary/aromatic N) is 3. The van der Waals surface area contributed by atoms with Gasteiger partial charge < -0.3 is 5.11 Å². The topological polar surface area (TPSA) is 50.9 Å². The summed E-state index contributed by atoms with van der Waals surface area (Å²) in [6.45, 7) is 13.3. The van der Waals surface area contributed by atoms with Crippen LogP contribution in [0.25, 0.3) is 61.6 Å². The van der Waals surface area contributed by atoms with Crippen LogP contribution in [0.15, 0.2) is 121 Å². The number of hydrogen-bond donors (Lipinski definition) is 1. The molecule has 0 spiro atoms. The van der Waals surface area contributed by atoms with E-state index in [0.29, 0.717) is 11.4 Å². The average Bonchev–Trinajstić information content (AvgIpc) is 3.44. The number of phenolic OH excluding ortho intramolecular Hbond substituents is 1. The highest BCUT2D eigenvalue weighted by molar-refractivity contribution is 5.98. The highest BCUT2D eigenvalue weighted by Gasteiger charge is 2.24. The normalized spacial score (nSPS) is 11.7. The Balaban J connectivity index is 1.61. The van der Waals surface area contributed by atoms with Crippen LogP contribution in [0.2, 0.25) is 0 Å². The van der Waals surface area contributed by atoms with Gasteiger partial charge in [-0.25, -0.2) is 4.98 Å². The van der Waals surface area contributed by atoms with Gasteiger partial charge in [0.2, 0.25) is 0 Å². The number of fused-ring (bicyclic) bond motifs is 1. The molecule has 0 aliphatic heterocycles. The van der Waals surface area contributed by atoms with E-state index in [2.05, 4.69) is 107 Å². The SMILES string of the molecule is Cc1cc(C)c(-c2cc(-c3ccccn3)cc(-c3cc(C(C)(C)C)cc4c3nc(-c3ccccc3O)n4-c3ccccc3)c2)c(C)c1. The number of aromatic nitrogens is 3. The molecule has 0 saturated heterocycles. The summed E-state index contributed by atoms with van der Waals surface area (Å²) in [5.41, 5.74) is 14.8. The first-order valence-corrected chi connectivity index (χ1v) is 16.1. The minimum atomic E-state index is -0.130. The van der Waals surface area contributed by atoms with Crippen molar-refractivity contribution in [1.29, 1.82) is 0 Å². The zero-order valence-electron chi connectivity index (χ0n) is 27.8. The minimum absolute atomic E-state index is 0.130. The van der Waals surface area contributed by atoms with E-state index in [1.165, 1.54) is 27.8 Å². The van der Waals surface area contributed by atoms with E-state index >= 15 is 0 Å². The van der Waals surface area contributed by atoms with Crippen molar-refractivity contribution in [1.82, 2.24) is 14.5 Å². The van der Waals surface area contributed by atoms with E-state index < -0.39 is 0 Å². The van der Waals surface area contributed by atoms with Crippen molar-refractivity contribution in [3.05, 3.63) is 144 Å². The lowest BCUT2D eigenvalue weighted by Gasteiger charge is -2.22. The quantitative estimate of drug-likeness (QED) is 0.210. The van der Waals surface area contributed by atoms with Crippen molar-refractivity contribution in [2.45, 2.75) is 47.0 Å². The lowest BCUT2D eigenvalue weighted by Crippen LogP contribution is -2.11. The molecule has 0 radical (unpaired) electrons. The largest absolute Gasteiger partial charge is 0.507 e. The maximum Gasteiger partial charge on any atom is 0.149 e. The van der Waals surface area contributed by atoms with E-state index in [-0.39, 0.29) is 11.2 Å². The lowest BCUT2D eigenvalue weighted by molar-refractivity contribution is 0.477. The summed E-state index contributed by atoms with van der Waals surface area (Å²) < 4.78 is 2.18. The van der Waals surface area contributed by atoms with Gasteiger partial charge in [-0.3, -0.25) is 9.55 Å². The van der Waals surface area contributed by atoms with Crippen LogP contribution in [0.5, 0.6) is 5.75 Å². The molecule has 7 rings (SSSR count). The number of phenols is 1. The van der Waals surface area contributed by atoms with E-state index in [0.717, 1.165) is 44.7 Å². The maximum atomic E-state index is 11.1. The van der Waals surface area contributed by atoms with Crippen molar-refractivity contribution in [3.63, 3.8) is 0 Å². The summed E-state index contributed by atoms with van der Waals surface area (Å²) in [6, 6.07) is 39.7. The average molecular weight is 614 g/mol. The second kappa shape index (κ2) is 11.7. The molecule has 0 aliphatic carbocycles. The van der Waals surface area contributed by atoms with Crippen LogP contribution in [0.1, 0.15) is 43.0 Å².